The predicted molar refractivity (Wildman–Crippen MR) is 45.5 cm³/mol. The summed E-state index contributed by atoms with van der Waals surface area (Å²) in [5, 5.41) is 6.98. The number of rotatable bonds is 0. The second-order valence-electron chi connectivity index (χ2n) is 2.98. The molecule has 2 atom stereocenters. The van der Waals surface area contributed by atoms with Gasteiger partial charge in [0.1, 0.15) is 0 Å². The first kappa shape index (κ1) is 6.95. The van der Waals surface area contributed by atoms with Gasteiger partial charge in [0.05, 0.1) is 0 Å². The molecule has 0 aromatic heterocycles. The Kier molecular flexibility index (Phi) is 2.16. The van der Waals surface area contributed by atoms with Crippen molar-refractivity contribution in [1.82, 2.24) is 10.6 Å². The molecule has 10 heavy (non-hydrogen) atoms. The van der Waals surface area contributed by atoms with Crippen LogP contribution in [-0.4, -0.2) is 36.7 Å². The van der Waals surface area contributed by atoms with Gasteiger partial charge in [0.2, 0.25) is 0 Å². The third-order valence-corrected chi connectivity index (χ3v) is 3.33. The Morgan fingerprint density at radius 2 is 2.10 bits per heavy atom. The van der Waals surface area contributed by atoms with Crippen LogP contribution < -0.4 is 10.6 Å². The number of hydrogen-bond acceptors (Lipinski definition) is 3. The summed E-state index contributed by atoms with van der Waals surface area (Å²) in [5.74, 6) is 2.64. The molecule has 0 aliphatic carbocycles. The molecule has 0 spiro atoms. The van der Waals surface area contributed by atoms with Crippen LogP contribution in [0.4, 0.5) is 0 Å². The molecule has 2 heterocycles. The molecule has 2 aliphatic heterocycles. The molecule has 0 amide bonds. The van der Waals surface area contributed by atoms with Crippen LogP contribution in [0.5, 0.6) is 0 Å². The van der Waals surface area contributed by atoms with Crippen LogP contribution in [0.3, 0.4) is 0 Å². The highest BCUT2D eigenvalue weighted by Gasteiger charge is 2.29. The van der Waals surface area contributed by atoms with Crippen LogP contribution in [0.1, 0.15) is 6.42 Å². The largest absolute Gasteiger partial charge is 0.311 e. The maximum atomic E-state index is 3.54. The highest BCUT2D eigenvalue weighted by Crippen LogP contribution is 2.14. The van der Waals surface area contributed by atoms with Crippen molar-refractivity contribution in [2.24, 2.45) is 0 Å². The standard InChI is InChI=1S/C7H14N2S/c1-3-10-4-2-8-7-5-9-6(1)7/h6-9H,1-5H2. The van der Waals surface area contributed by atoms with Gasteiger partial charge >= 0.3 is 0 Å². The summed E-state index contributed by atoms with van der Waals surface area (Å²) in [4.78, 5) is 0. The summed E-state index contributed by atoms with van der Waals surface area (Å²) in [7, 11) is 0. The molecular weight excluding hydrogens is 144 g/mol. The molecule has 2 saturated heterocycles. The Bertz CT molecular complexity index is 104. The molecule has 2 N–H and O–H groups in total. The molecule has 3 heteroatoms. The van der Waals surface area contributed by atoms with E-state index < -0.39 is 0 Å². The number of fused-ring (bicyclic) bond motifs is 1. The first-order valence-corrected chi connectivity index (χ1v) is 5.17. The molecular formula is C7H14N2S. The molecule has 0 saturated carbocycles. The van der Waals surface area contributed by atoms with Crippen molar-refractivity contribution in [3.8, 4) is 0 Å². The van der Waals surface area contributed by atoms with E-state index in [4.69, 9.17) is 0 Å². The average Bonchev–Trinajstić information content (AvgIpc) is 1.89. The van der Waals surface area contributed by atoms with Gasteiger partial charge in [-0.05, 0) is 12.2 Å². The second-order valence-corrected chi connectivity index (χ2v) is 4.20. The van der Waals surface area contributed by atoms with Crippen LogP contribution in [0.25, 0.3) is 0 Å². The zero-order valence-corrected chi connectivity index (χ0v) is 6.91. The molecule has 58 valence electrons. The minimum Gasteiger partial charge on any atom is -0.311 e. The molecule has 2 rings (SSSR count). The van der Waals surface area contributed by atoms with E-state index in [1.54, 1.807) is 0 Å². The van der Waals surface area contributed by atoms with E-state index in [0.717, 1.165) is 12.1 Å². The maximum Gasteiger partial charge on any atom is 0.0347 e. The Morgan fingerprint density at radius 1 is 1.10 bits per heavy atom. The quantitative estimate of drug-likeness (QED) is 0.521. The van der Waals surface area contributed by atoms with Crippen LogP contribution in [0.15, 0.2) is 0 Å². The molecule has 0 aromatic carbocycles. The minimum absolute atomic E-state index is 0.785. The summed E-state index contributed by atoms with van der Waals surface area (Å²) in [6.45, 7) is 2.39. The van der Waals surface area contributed by atoms with Crippen LogP contribution in [0, 0.1) is 0 Å². The van der Waals surface area contributed by atoms with Gasteiger partial charge in [0.15, 0.2) is 0 Å². The highest BCUT2D eigenvalue weighted by atomic mass is 32.2. The van der Waals surface area contributed by atoms with E-state index in [-0.39, 0.29) is 0 Å². The molecule has 2 unspecified atom stereocenters. The predicted octanol–water partition coefficient (Wildman–Crippen LogP) is 0.0533. The van der Waals surface area contributed by atoms with Crippen molar-refractivity contribution < 1.29 is 0 Å². The van der Waals surface area contributed by atoms with Gasteiger partial charge in [0, 0.05) is 30.9 Å². The van der Waals surface area contributed by atoms with Crippen LogP contribution in [0.2, 0.25) is 0 Å². The normalized spacial score (nSPS) is 40.8. The number of hydrogen-bond donors (Lipinski definition) is 2. The second kappa shape index (κ2) is 3.11. The highest BCUT2D eigenvalue weighted by molar-refractivity contribution is 7.99. The molecule has 0 radical (unpaired) electrons. The first-order chi connectivity index (χ1) is 4.97. The van der Waals surface area contributed by atoms with Gasteiger partial charge in [-0.2, -0.15) is 11.8 Å². The molecule has 2 nitrogen and oxygen atoms in total. The van der Waals surface area contributed by atoms with E-state index in [1.807, 2.05) is 0 Å². The number of nitrogens with one attached hydrogen (secondary N) is 2. The van der Waals surface area contributed by atoms with Gasteiger partial charge in [-0.1, -0.05) is 0 Å². The van der Waals surface area contributed by atoms with Gasteiger partial charge in [-0.15, -0.1) is 0 Å². The van der Waals surface area contributed by atoms with Crippen molar-refractivity contribution in [3.05, 3.63) is 0 Å². The lowest BCUT2D eigenvalue weighted by molar-refractivity contribution is 0.258. The van der Waals surface area contributed by atoms with Crippen LogP contribution in [-0.2, 0) is 0 Å². The monoisotopic (exact) mass is 158 g/mol. The fourth-order valence-corrected chi connectivity index (χ4v) is 2.44. The van der Waals surface area contributed by atoms with Gasteiger partial charge in [-0.25, -0.2) is 0 Å². The van der Waals surface area contributed by atoms with E-state index >= 15 is 0 Å². The zero-order valence-electron chi connectivity index (χ0n) is 6.10. The third-order valence-electron chi connectivity index (χ3n) is 2.31. The maximum absolute atomic E-state index is 3.54. The Morgan fingerprint density at radius 3 is 2.90 bits per heavy atom. The first-order valence-electron chi connectivity index (χ1n) is 4.01. The lowest BCUT2D eigenvalue weighted by atomic mass is 9.98. The molecule has 2 aliphatic rings. The van der Waals surface area contributed by atoms with E-state index in [1.165, 1.54) is 31.0 Å². The van der Waals surface area contributed by atoms with Gasteiger partial charge < -0.3 is 10.6 Å². The Labute approximate surface area is 66.1 Å². The van der Waals surface area contributed by atoms with Crippen molar-refractivity contribution in [1.29, 1.82) is 0 Å². The zero-order chi connectivity index (χ0) is 6.81. The van der Waals surface area contributed by atoms with Crippen molar-refractivity contribution in [2.45, 2.75) is 18.5 Å². The molecule has 0 aromatic rings. The SMILES string of the molecule is C1CSCCC2NCC2N1. The summed E-state index contributed by atoms with van der Waals surface area (Å²) in [5.41, 5.74) is 0. The Balaban J connectivity index is 1.83. The van der Waals surface area contributed by atoms with E-state index in [2.05, 4.69) is 22.4 Å². The fourth-order valence-electron chi connectivity index (χ4n) is 1.55. The average molecular weight is 158 g/mol. The van der Waals surface area contributed by atoms with E-state index in [9.17, 15) is 0 Å². The topological polar surface area (TPSA) is 24.1 Å². The fraction of sp³-hybridized carbons (Fsp3) is 1.00. The summed E-state index contributed by atoms with van der Waals surface area (Å²) in [6.07, 6.45) is 1.35. The molecule has 2 fully saturated rings. The van der Waals surface area contributed by atoms with Gasteiger partial charge in [-0.3, -0.25) is 0 Å². The lowest BCUT2D eigenvalue weighted by Crippen LogP contribution is -2.64. The number of thioether (sulfide) groups is 1. The minimum atomic E-state index is 0.785. The molecule has 0 bridgehead atoms. The lowest BCUT2D eigenvalue weighted by Gasteiger charge is -2.40. The summed E-state index contributed by atoms with van der Waals surface area (Å²) >= 11 is 2.07. The smallest absolute Gasteiger partial charge is 0.0347 e. The third kappa shape index (κ3) is 1.31. The summed E-state index contributed by atoms with van der Waals surface area (Å²) in [6, 6.07) is 1.58. The van der Waals surface area contributed by atoms with E-state index in [0.29, 0.717) is 0 Å². The van der Waals surface area contributed by atoms with Crippen molar-refractivity contribution in [2.75, 3.05) is 24.6 Å². The van der Waals surface area contributed by atoms with Gasteiger partial charge in [0.25, 0.3) is 0 Å². The van der Waals surface area contributed by atoms with Crippen molar-refractivity contribution in [3.63, 3.8) is 0 Å². The van der Waals surface area contributed by atoms with Crippen LogP contribution >= 0.6 is 11.8 Å². The van der Waals surface area contributed by atoms with Crippen molar-refractivity contribution >= 4 is 11.8 Å². The Hall–Kier alpha value is 0.270. The summed E-state index contributed by atoms with van der Waals surface area (Å²) < 4.78 is 0.